The van der Waals surface area contributed by atoms with E-state index >= 15 is 0 Å². The maximum absolute atomic E-state index is 10.6. The quantitative estimate of drug-likeness (QED) is 0.374. The first-order chi connectivity index (χ1) is 16.4. The standard InChI is InChI=1S/C26H34ClN3O4/c1-19(2)33-18-22(31)16-30(14-15-32-4)17-24-25(20-8-6-5-7-9-20)28-29(3)26(24)34-23-12-10-21(27)11-13-23/h5-13,19,22,31H,14-18H2,1-4H3/t22-/m1/s1. The number of aliphatic hydroxyl groups is 1. The molecule has 2 aromatic carbocycles. The molecule has 34 heavy (non-hydrogen) atoms. The molecule has 0 amide bonds. The molecule has 3 rings (SSSR count). The maximum Gasteiger partial charge on any atom is 0.222 e. The first kappa shape index (κ1) is 26.2. The van der Waals surface area contributed by atoms with E-state index in [9.17, 15) is 5.11 Å². The lowest BCUT2D eigenvalue weighted by molar-refractivity contribution is -0.0121. The van der Waals surface area contributed by atoms with Crippen molar-refractivity contribution in [3.8, 4) is 22.9 Å². The predicted molar refractivity (Wildman–Crippen MR) is 134 cm³/mol. The van der Waals surface area contributed by atoms with Gasteiger partial charge in [0.25, 0.3) is 0 Å². The molecule has 0 saturated heterocycles. The summed E-state index contributed by atoms with van der Waals surface area (Å²) in [4.78, 5) is 2.13. The highest BCUT2D eigenvalue weighted by Crippen LogP contribution is 2.34. The van der Waals surface area contributed by atoms with E-state index < -0.39 is 6.10 Å². The molecule has 0 bridgehead atoms. The van der Waals surface area contributed by atoms with Crippen LogP contribution in [0.25, 0.3) is 11.3 Å². The number of ether oxygens (including phenoxy) is 3. The largest absolute Gasteiger partial charge is 0.439 e. The molecule has 184 valence electrons. The first-order valence-corrected chi connectivity index (χ1v) is 11.8. The Morgan fingerprint density at radius 2 is 1.79 bits per heavy atom. The maximum atomic E-state index is 10.6. The molecule has 8 heteroatoms. The second-order valence-corrected chi connectivity index (χ2v) is 8.88. The second-order valence-electron chi connectivity index (χ2n) is 8.44. The summed E-state index contributed by atoms with van der Waals surface area (Å²) in [6, 6.07) is 17.3. The number of aromatic nitrogens is 2. The van der Waals surface area contributed by atoms with Gasteiger partial charge in [0.2, 0.25) is 5.88 Å². The first-order valence-electron chi connectivity index (χ1n) is 11.4. The van der Waals surface area contributed by atoms with Gasteiger partial charge in [0.15, 0.2) is 0 Å². The molecule has 1 aromatic heterocycles. The van der Waals surface area contributed by atoms with Gasteiger partial charge in [0, 0.05) is 44.4 Å². The van der Waals surface area contributed by atoms with Crippen LogP contribution in [0.2, 0.25) is 5.02 Å². The molecule has 1 N–H and O–H groups in total. The Labute approximate surface area is 206 Å². The van der Waals surface area contributed by atoms with Crippen molar-refractivity contribution in [1.29, 1.82) is 0 Å². The van der Waals surface area contributed by atoms with Crippen molar-refractivity contribution in [2.75, 3.05) is 33.4 Å². The Balaban J connectivity index is 1.93. The normalized spacial score (nSPS) is 12.5. The van der Waals surface area contributed by atoms with Crippen molar-refractivity contribution in [1.82, 2.24) is 14.7 Å². The van der Waals surface area contributed by atoms with Crippen LogP contribution in [-0.4, -0.2) is 65.4 Å². The van der Waals surface area contributed by atoms with Crippen LogP contribution >= 0.6 is 11.6 Å². The summed E-state index contributed by atoms with van der Waals surface area (Å²) in [5.41, 5.74) is 2.76. The minimum absolute atomic E-state index is 0.0597. The minimum atomic E-state index is -0.628. The number of hydrogen-bond donors (Lipinski definition) is 1. The fraction of sp³-hybridized carbons (Fsp3) is 0.423. The smallest absolute Gasteiger partial charge is 0.222 e. The van der Waals surface area contributed by atoms with Gasteiger partial charge in [0.1, 0.15) is 11.4 Å². The Morgan fingerprint density at radius 3 is 2.44 bits per heavy atom. The van der Waals surface area contributed by atoms with E-state index in [0.29, 0.717) is 42.9 Å². The van der Waals surface area contributed by atoms with Crippen LogP contribution in [-0.2, 0) is 23.1 Å². The third kappa shape index (κ3) is 7.55. The highest BCUT2D eigenvalue weighted by atomic mass is 35.5. The van der Waals surface area contributed by atoms with Gasteiger partial charge in [-0.3, -0.25) is 4.90 Å². The molecule has 0 aliphatic rings. The Morgan fingerprint density at radius 1 is 1.09 bits per heavy atom. The van der Waals surface area contributed by atoms with Crippen LogP contribution in [0, 0.1) is 0 Å². The third-order valence-electron chi connectivity index (χ3n) is 5.25. The summed E-state index contributed by atoms with van der Waals surface area (Å²) in [7, 11) is 3.54. The van der Waals surface area contributed by atoms with Crippen LogP contribution in [0.1, 0.15) is 19.4 Å². The predicted octanol–water partition coefficient (Wildman–Crippen LogP) is 4.77. The van der Waals surface area contributed by atoms with E-state index in [1.165, 1.54) is 0 Å². The lowest BCUT2D eigenvalue weighted by Crippen LogP contribution is -2.37. The van der Waals surface area contributed by atoms with Gasteiger partial charge in [-0.15, -0.1) is 0 Å². The Bertz CT molecular complexity index is 1010. The average Bonchev–Trinajstić information content (AvgIpc) is 3.13. The summed E-state index contributed by atoms with van der Waals surface area (Å²) in [5, 5.41) is 16.0. The Kier molecular flexibility index (Phi) is 9.92. The van der Waals surface area contributed by atoms with Crippen molar-refractivity contribution >= 4 is 11.6 Å². The monoisotopic (exact) mass is 487 g/mol. The van der Waals surface area contributed by atoms with Gasteiger partial charge in [-0.25, -0.2) is 4.68 Å². The molecule has 0 unspecified atom stereocenters. The number of nitrogens with zero attached hydrogens (tertiary/aromatic N) is 3. The van der Waals surface area contributed by atoms with Crippen molar-refractivity contribution in [3.05, 3.63) is 65.2 Å². The molecule has 1 heterocycles. The van der Waals surface area contributed by atoms with Crippen LogP contribution in [0.4, 0.5) is 0 Å². The van der Waals surface area contributed by atoms with Gasteiger partial charge in [-0.05, 0) is 38.1 Å². The summed E-state index contributed by atoms with van der Waals surface area (Å²) in [6.07, 6.45) is -0.568. The molecular formula is C26H34ClN3O4. The van der Waals surface area contributed by atoms with Crippen LogP contribution in [0.3, 0.4) is 0 Å². The molecule has 3 aromatic rings. The lowest BCUT2D eigenvalue weighted by Gasteiger charge is -2.25. The molecule has 7 nitrogen and oxygen atoms in total. The molecule has 0 radical (unpaired) electrons. The number of aryl methyl sites for hydroxylation is 1. The number of methoxy groups -OCH3 is 1. The molecule has 0 spiro atoms. The van der Waals surface area contributed by atoms with Crippen LogP contribution < -0.4 is 4.74 Å². The van der Waals surface area contributed by atoms with E-state index in [-0.39, 0.29) is 12.7 Å². The molecule has 0 aliphatic heterocycles. The summed E-state index contributed by atoms with van der Waals surface area (Å²) < 4.78 is 19.0. The molecule has 0 saturated carbocycles. The SMILES string of the molecule is COCCN(Cc1c(-c2ccccc2)nn(C)c1Oc1ccc(Cl)cc1)C[C@@H](O)COC(C)C. The zero-order chi connectivity index (χ0) is 24.5. The number of hydrogen-bond acceptors (Lipinski definition) is 6. The molecule has 0 aliphatic carbocycles. The number of aliphatic hydroxyl groups excluding tert-OH is 1. The van der Waals surface area contributed by atoms with Gasteiger partial charge in [0.05, 0.1) is 31.0 Å². The summed E-state index contributed by atoms with van der Waals surface area (Å²) in [5.74, 6) is 1.30. The average molecular weight is 488 g/mol. The molecule has 1 atom stereocenters. The van der Waals surface area contributed by atoms with Gasteiger partial charge < -0.3 is 19.3 Å². The van der Waals surface area contributed by atoms with Crippen LogP contribution in [0.5, 0.6) is 11.6 Å². The minimum Gasteiger partial charge on any atom is -0.439 e. The van der Waals surface area contributed by atoms with E-state index in [0.717, 1.165) is 16.8 Å². The lowest BCUT2D eigenvalue weighted by atomic mass is 10.1. The fourth-order valence-electron chi connectivity index (χ4n) is 3.60. The molecule has 0 fully saturated rings. The number of rotatable bonds is 13. The van der Waals surface area contributed by atoms with Gasteiger partial charge >= 0.3 is 0 Å². The van der Waals surface area contributed by atoms with Crippen molar-refractivity contribution in [2.45, 2.75) is 32.6 Å². The third-order valence-corrected chi connectivity index (χ3v) is 5.50. The summed E-state index contributed by atoms with van der Waals surface area (Å²) in [6.45, 7) is 6.30. The van der Waals surface area contributed by atoms with Gasteiger partial charge in [-0.1, -0.05) is 41.9 Å². The molecular weight excluding hydrogens is 454 g/mol. The zero-order valence-electron chi connectivity index (χ0n) is 20.3. The van der Waals surface area contributed by atoms with E-state index in [1.807, 2.05) is 63.4 Å². The van der Waals surface area contributed by atoms with Crippen molar-refractivity contribution in [3.63, 3.8) is 0 Å². The van der Waals surface area contributed by atoms with E-state index in [2.05, 4.69) is 4.90 Å². The van der Waals surface area contributed by atoms with E-state index in [4.69, 9.17) is 30.9 Å². The second kappa shape index (κ2) is 12.9. The van der Waals surface area contributed by atoms with E-state index in [1.54, 1.807) is 23.9 Å². The zero-order valence-corrected chi connectivity index (χ0v) is 21.0. The van der Waals surface area contributed by atoms with Crippen LogP contribution in [0.15, 0.2) is 54.6 Å². The van der Waals surface area contributed by atoms with Crippen molar-refractivity contribution in [2.24, 2.45) is 7.05 Å². The highest BCUT2D eigenvalue weighted by molar-refractivity contribution is 6.30. The highest BCUT2D eigenvalue weighted by Gasteiger charge is 2.23. The number of halogens is 1. The number of benzene rings is 2. The summed E-state index contributed by atoms with van der Waals surface area (Å²) >= 11 is 6.05. The van der Waals surface area contributed by atoms with Gasteiger partial charge in [-0.2, -0.15) is 5.10 Å². The van der Waals surface area contributed by atoms with Crippen molar-refractivity contribution < 1.29 is 19.3 Å². The Hall–Kier alpha value is -2.42. The topological polar surface area (TPSA) is 69.0 Å². The fourth-order valence-corrected chi connectivity index (χ4v) is 3.72.